The summed E-state index contributed by atoms with van der Waals surface area (Å²) in [4.78, 5) is 11.8. The molecular formula is C13H7Cl2F2NO. The lowest BCUT2D eigenvalue weighted by atomic mass is 10.2. The molecule has 0 radical (unpaired) electrons. The van der Waals surface area contributed by atoms with Gasteiger partial charge < -0.3 is 5.32 Å². The fourth-order valence-electron chi connectivity index (χ4n) is 1.48. The van der Waals surface area contributed by atoms with E-state index in [-0.39, 0.29) is 5.02 Å². The minimum atomic E-state index is -0.933. The molecule has 0 aliphatic carbocycles. The average Bonchev–Trinajstić information content (AvgIpc) is 2.33. The van der Waals surface area contributed by atoms with Crippen LogP contribution in [0, 0.1) is 11.6 Å². The van der Waals surface area contributed by atoms with E-state index < -0.39 is 23.1 Å². The number of benzene rings is 2. The molecule has 2 aromatic rings. The number of hydrogen-bond acceptors (Lipinski definition) is 1. The van der Waals surface area contributed by atoms with Crippen molar-refractivity contribution < 1.29 is 13.6 Å². The lowest BCUT2D eigenvalue weighted by Gasteiger charge is -2.07. The van der Waals surface area contributed by atoms with Gasteiger partial charge in [0.05, 0.1) is 10.0 Å². The maximum absolute atomic E-state index is 13.4. The van der Waals surface area contributed by atoms with E-state index in [9.17, 15) is 13.6 Å². The second kappa shape index (κ2) is 5.55. The van der Waals surface area contributed by atoms with E-state index in [2.05, 4.69) is 5.32 Å². The second-order valence-electron chi connectivity index (χ2n) is 3.68. The van der Waals surface area contributed by atoms with Crippen LogP contribution in [-0.4, -0.2) is 5.91 Å². The number of anilines is 1. The molecule has 0 bridgehead atoms. The lowest BCUT2D eigenvalue weighted by Crippen LogP contribution is -2.15. The first-order valence-corrected chi connectivity index (χ1v) is 5.95. The molecule has 0 aromatic heterocycles. The summed E-state index contributed by atoms with van der Waals surface area (Å²) < 4.78 is 26.8. The molecule has 1 N–H and O–H groups in total. The summed E-state index contributed by atoms with van der Waals surface area (Å²) in [7, 11) is 0. The van der Waals surface area contributed by atoms with Crippen LogP contribution in [0.4, 0.5) is 14.5 Å². The van der Waals surface area contributed by atoms with Crippen LogP contribution in [0.2, 0.25) is 10.0 Å². The van der Waals surface area contributed by atoms with Gasteiger partial charge in [-0.1, -0.05) is 29.3 Å². The molecule has 0 aliphatic heterocycles. The number of carbonyl (C=O) groups is 1. The van der Waals surface area contributed by atoms with Crippen molar-refractivity contribution in [3.8, 4) is 0 Å². The molecule has 19 heavy (non-hydrogen) atoms. The SMILES string of the molecule is O=C(Nc1ccc(Cl)c(Cl)c1)c1c(F)cccc1F. The smallest absolute Gasteiger partial charge is 0.261 e. The zero-order valence-corrected chi connectivity index (χ0v) is 10.9. The Morgan fingerprint density at radius 2 is 1.63 bits per heavy atom. The van der Waals surface area contributed by atoms with E-state index in [1.165, 1.54) is 24.3 Å². The van der Waals surface area contributed by atoms with Gasteiger partial charge in [-0.2, -0.15) is 0 Å². The predicted octanol–water partition coefficient (Wildman–Crippen LogP) is 4.52. The molecule has 98 valence electrons. The number of amides is 1. The highest BCUT2D eigenvalue weighted by molar-refractivity contribution is 6.42. The number of rotatable bonds is 2. The molecule has 0 atom stereocenters. The maximum Gasteiger partial charge on any atom is 0.261 e. The van der Waals surface area contributed by atoms with Crippen LogP contribution < -0.4 is 5.32 Å². The number of carbonyl (C=O) groups excluding carboxylic acids is 1. The Bertz CT molecular complexity index is 626. The second-order valence-corrected chi connectivity index (χ2v) is 4.49. The van der Waals surface area contributed by atoms with Gasteiger partial charge >= 0.3 is 0 Å². The van der Waals surface area contributed by atoms with Gasteiger partial charge in [-0.3, -0.25) is 4.79 Å². The van der Waals surface area contributed by atoms with Crippen LogP contribution in [0.3, 0.4) is 0 Å². The lowest BCUT2D eigenvalue weighted by molar-refractivity contribution is 0.101. The topological polar surface area (TPSA) is 29.1 Å². The maximum atomic E-state index is 13.4. The minimum Gasteiger partial charge on any atom is -0.322 e. The van der Waals surface area contributed by atoms with Gasteiger partial charge in [0.15, 0.2) is 0 Å². The number of halogens is 4. The first kappa shape index (κ1) is 13.8. The van der Waals surface area contributed by atoms with Crippen molar-refractivity contribution >= 4 is 34.8 Å². The quantitative estimate of drug-likeness (QED) is 0.868. The normalized spacial score (nSPS) is 10.3. The van der Waals surface area contributed by atoms with E-state index in [1.807, 2.05) is 0 Å². The van der Waals surface area contributed by atoms with E-state index >= 15 is 0 Å². The Balaban J connectivity index is 2.28. The average molecular weight is 302 g/mol. The number of nitrogens with one attached hydrogen (secondary N) is 1. The fraction of sp³-hybridized carbons (Fsp3) is 0. The highest BCUT2D eigenvalue weighted by Gasteiger charge is 2.17. The van der Waals surface area contributed by atoms with Gasteiger partial charge in [0.25, 0.3) is 5.91 Å². The van der Waals surface area contributed by atoms with Gasteiger partial charge in [0.2, 0.25) is 0 Å². The third-order valence-electron chi connectivity index (χ3n) is 2.37. The molecule has 0 unspecified atom stereocenters. The molecule has 0 saturated carbocycles. The third-order valence-corrected chi connectivity index (χ3v) is 3.11. The standard InChI is InChI=1S/C13H7Cl2F2NO/c14-8-5-4-7(6-9(8)15)18-13(19)12-10(16)2-1-3-11(12)17/h1-6H,(H,18,19). The molecule has 0 fully saturated rings. The van der Waals surface area contributed by atoms with Crippen molar-refractivity contribution in [1.82, 2.24) is 0 Å². The van der Waals surface area contributed by atoms with Gasteiger partial charge in [-0.15, -0.1) is 0 Å². The molecule has 0 heterocycles. The fourth-order valence-corrected chi connectivity index (χ4v) is 1.78. The summed E-state index contributed by atoms with van der Waals surface area (Å²) in [5.41, 5.74) is -0.351. The molecule has 2 nitrogen and oxygen atoms in total. The van der Waals surface area contributed by atoms with Gasteiger partial charge in [-0.25, -0.2) is 8.78 Å². The minimum absolute atomic E-state index is 0.230. The molecule has 6 heteroatoms. The highest BCUT2D eigenvalue weighted by atomic mass is 35.5. The van der Waals surface area contributed by atoms with Crippen LogP contribution >= 0.6 is 23.2 Å². The number of hydrogen-bond donors (Lipinski definition) is 1. The molecule has 2 aromatic carbocycles. The van der Waals surface area contributed by atoms with Crippen LogP contribution in [0.15, 0.2) is 36.4 Å². The Labute approximate surface area is 118 Å². The Kier molecular flexibility index (Phi) is 4.02. The van der Waals surface area contributed by atoms with Crippen molar-refractivity contribution in [2.24, 2.45) is 0 Å². The molecule has 0 spiro atoms. The van der Waals surface area contributed by atoms with Crippen LogP contribution in [0.5, 0.6) is 0 Å². The Hall–Kier alpha value is -1.65. The highest BCUT2D eigenvalue weighted by Crippen LogP contribution is 2.25. The summed E-state index contributed by atoms with van der Waals surface area (Å²) in [5.74, 6) is -2.76. The predicted molar refractivity (Wildman–Crippen MR) is 70.8 cm³/mol. The largest absolute Gasteiger partial charge is 0.322 e. The van der Waals surface area contributed by atoms with Crippen LogP contribution in [-0.2, 0) is 0 Å². The monoisotopic (exact) mass is 301 g/mol. The Morgan fingerprint density at radius 1 is 1.00 bits per heavy atom. The summed E-state index contributed by atoms with van der Waals surface area (Å²) >= 11 is 11.5. The zero-order valence-electron chi connectivity index (χ0n) is 9.38. The van der Waals surface area contributed by atoms with E-state index in [0.29, 0.717) is 10.7 Å². The van der Waals surface area contributed by atoms with Crippen molar-refractivity contribution in [3.05, 3.63) is 63.6 Å². The molecule has 0 saturated heterocycles. The van der Waals surface area contributed by atoms with Gasteiger partial charge in [-0.05, 0) is 30.3 Å². The molecule has 2 rings (SSSR count). The zero-order chi connectivity index (χ0) is 14.0. The van der Waals surface area contributed by atoms with E-state index in [0.717, 1.165) is 12.1 Å². The summed E-state index contributed by atoms with van der Waals surface area (Å²) in [6.45, 7) is 0. The molecule has 0 aliphatic rings. The van der Waals surface area contributed by atoms with E-state index in [4.69, 9.17) is 23.2 Å². The van der Waals surface area contributed by atoms with Crippen LogP contribution in [0.1, 0.15) is 10.4 Å². The van der Waals surface area contributed by atoms with Crippen molar-refractivity contribution in [1.29, 1.82) is 0 Å². The third kappa shape index (κ3) is 3.03. The molecular weight excluding hydrogens is 295 g/mol. The first-order valence-electron chi connectivity index (χ1n) is 5.19. The molecule has 1 amide bonds. The summed E-state index contributed by atoms with van der Waals surface area (Å²) in [6, 6.07) is 7.53. The van der Waals surface area contributed by atoms with Crippen LogP contribution in [0.25, 0.3) is 0 Å². The van der Waals surface area contributed by atoms with E-state index in [1.54, 1.807) is 0 Å². The van der Waals surface area contributed by atoms with Crippen molar-refractivity contribution in [2.45, 2.75) is 0 Å². The summed E-state index contributed by atoms with van der Waals surface area (Å²) in [5, 5.41) is 2.89. The summed E-state index contributed by atoms with van der Waals surface area (Å²) in [6.07, 6.45) is 0. The van der Waals surface area contributed by atoms with Crippen molar-refractivity contribution in [3.63, 3.8) is 0 Å². The Morgan fingerprint density at radius 3 is 2.21 bits per heavy atom. The van der Waals surface area contributed by atoms with Gasteiger partial charge in [0.1, 0.15) is 17.2 Å². The first-order chi connectivity index (χ1) is 8.99. The van der Waals surface area contributed by atoms with Crippen molar-refractivity contribution in [2.75, 3.05) is 5.32 Å². The van der Waals surface area contributed by atoms with Gasteiger partial charge in [0, 0.05) is 5.69 Å².